The van der Waals surface area contributed by atoms with Gasteiger partial charge in [-0.15, -0.1) is 0 Å². The number of aromatic nitrogens is 1. The lowest BCUT2D eigenvalue weighted by Crippen LogP contribution is -2.08. The van der Waals surface area contributed by atoms with Gasteiger partial charge in [0.15, 0.2) is 0 Å². The standard InChI is InChI=1S/C14H14N2O4/c1-3-20-14(17)13-8-11(9-15(13)2)10-4-6-12(7-5-10)16(18)19/h4-9H,3H2,1-2H3. The van der Waals surface area contributed by atoms with Gasteiger partial charge in [0.1, 0.15) is 5.69 Å². The van der Waals surface area contributed by atoms with E-state index >= 15 is 0 Å². The average Bonchev–Trinajstić information content (AvgIpc) is 2.81. The van der Waals surface area contributed by atoms with Gasteiger partial charge in [0.25, 0.3) is 5.69 Å². The van der Waals surface area contributed by atoms with Crippen molar-refractivity contribution in [1.82, 2.24) is 4.57 Å². The predicted molar refractivity (Wildman–Crippen MR) is 73.5 cm³/mol. The second-order valence-electron chi connectivity index (χ2n) is 4.25. The van der Waals surface area contributed by atoms with Crippen LogP contribution >= 0.6 is 0 Å². The van der Waals surface area contributed by atoms with Crippen LogP contribution in [0.25, 0.3) is 11.1 Å². The molecule has 0 atom stereocenters. The molecule has 104 valence electrons. The number of carbonyl (C=O) groups excluding carboxylic acids is 1. The molecule has 0 saturated heterocycles. The van der Waals surface area contributed by atoms with Crippen LogP contribution in [0.1, 0.15) is 17.4 Å². The first kappa shape index (κ1) is 13.8. The Morgan fingerprint density at radius 2 is 1.95 bits per heavy atom. The number of hydrogen-bond donors (Lipinski definition) is 0. The van der Waals surface area contributed by atoms with Crippen molar-refractivity contribution in [3.05, 3.63) is 52.3 Å². The Kier molecular flexibility index (Phi) is 3.84. The lowest BCUT2D eigenvalue weighted by atomic mass is 10.1. The predicted octanol–water partition coefficient (Wildman–Crippen LogP) is 2.78. The van der Waals surface area contributed by atoms with Crippen molar-refractivity contribution in [3.8, 4) is 11.1 Å². The number of aryl methyl sites for hydroxylation is 1. The normalized spacial score (nSPS) is 10.3. The van der Waals surface area contributed by atoms with E-state index in [2.05, 4.69) is 0 Å². The Morgan fingerprint density at radius 1 is 1.30 bits per heavy atom. The Morgan fingerprint density at radius 3 is 2.50 bits per heavy atom. The van der Waals surface area contributed by atoms with Crippen LogP contribution in [0, 0.1) is 10.1 Å². The van der Waals surface area contributed by atoms with Crippen molar-refractivity contribution in [3.63, 3.8) is 0 Å². The summed E-state index contributed by atoms with van der Waals surface area (Å²) in [7, 11) is 1.75. The third kappa shape index (κ3) is 2.69. The molecule has 0 aliphatic carbocycles. The number of non-ortho nitro benzene ring substituents is 1. The molecule has 6 heteroatoms. The highest BCUT2D eigenvalue weighted by Crippen LogP contribution is 2.24. The highest BCUT2D eigenvalue weighted by Gasteiger charge is 2.14. The van der Waals surface area contributed by atoms with Crippen molar-refractivity contribution in [2.75, 3.05) is 6.61 Å². The summed E-state index contributed by atoms with van der Waals surface area (Å²) in [4.78, 5) is 21.9. The molecule has 2 aromatic rings. The fourth-order valence-electron chi connectivity index (χ4n) is 1.91. The van der Waals surface area contributed by atoms with Gasteiger partial charge in [-0.05, 0) is 30.7 Å². The van der Waals surface area contributed by atoms with Gasteiger partial charge in [-0.3, -0.25) is 10.1 Å². The molecule has 0 radical (unpaired) electrons. The molecule has 20 heavy (non-hydrogen) atoms. The Hall–Kier alpha value is -2.63. The summed E-state index contributed by atoms with van der Waals surface area (Å²) in [6.45, 7) is 2.06. The minimum atomic E-state index is -0.446. The number of carbonyl (C=O) groups is 1. The Balaban J connectivity index is 2.32. The second kappa shape index (κ2) is 5.56. The minimum Gasteiger partial charge on any atom is -0.461 e. The van der Waals surface area contributed by atoms with Crippen LogP contribution < -0.4 is 0 Å². The van der Waals surface area contributed by atoms with Crippen molar-refractivity contribution >= 4 is 11.7 Å². The largest absolute Gasteiger partial charge is 0.461 e. The molecular formula is C14H14N2O4. The molecule has 1 aromatic heterocycles. The summed E-state index contributed by atoms with van der Waals surface area (Å²) in [5.41, 5.74) is 2.10. The van der Waals surface area contributed by atoms with E-state index in [1.54, 1.807) is 42.9 Å². The maximum atomic E-state index is 11.7. The first-order valence-corrected chi connectivity index (χ1v) is 6.11. The van der Waals surface area contributed by atoms with E-state index in [1.807, 2.05) is 0 Å². The van der Waals surface area contributed by atoms with E-state index in [1.165, 1.54) is 12.1 Å². The Bertz CT molecular complexity index is 644. The van der Waals surface area contributed by atoms with Crippen LogP contribution in [-0.4, -0.2) is 22.1 Å². The van der Waals surface area contributed by atoms with Crippen LogP contribution in [0.4, 0.5) is 5.69 Å². The molecule has 6 nitrogen and oxygen atoms in total. The topological polar surface area (TPSA) is 74.4 Å². The Labute approximate surface area is 115 Å². The van der Waals surface area contributed by atoms with Crippen molar-refractivity contribution in [2.45, 2.75) is 6.92 Å². The molecule has 0 aliphatic rings. The molecule has 1 aromatic carbocycles. The highest BCUT2D eigenvalue weighted by molar-refractivity contribution is 5.89. The first-order valence-electron chi connectivity index (χ1n) is 6.11. The van der Waals surface area contributed by atoms with Crippen molar-refractivity contribution < 1.29 is 14.5 Å². The second-order valence-corrected chi connectivity index (χ2v) is 4.25. The van der Waals surface area contributed by atoms with Gasteiger partial charge in [-0.25, -0.2) is 4.79 Å². The number of rotatable bonds is 4. The zero-order chi connectivity index (χ0) is 14.7. The zero-order valence-electron chi connectivity index (χ0n) is 11.2. The molecule has 2 rings (SSSR count). The van der Waals surface area contributed by atoms with E-state index in [0.717, 1.165) is 11.1 Å². The SMILES string of the molecule is CCOC(=O)c1cc(-c2ccc([N+](=O)[O-])cc2)cn1C. The van der Waals surface area contributed by atoms with Gasteiger partial charge in [-0.2, -0.15) is 0 Å². The molecular weight excluding hydrogens is 260 g/mol. The number of hydrogen-bond acceptors (Lipinski definition) is 4. The van der Waals surface area contributed by atoms with E-state index in [0.29, 0.717) is 12.3 Å². The van der Waals surface area contributed by atoms with E-state index in [9.17, 15) is 14.9 Å². The summed E-state index contributed by atoms with van der Waals surface area (Å²) < 4.78 is 6.63. The fourth-order valence-corrected chi connectivity index (χ4v) is 1.91. The molecule has 0 saturated carbocycles. The molecule has 0 unspecified atom stereocenters. The van der Waals surface area contributed by atoms with Gasteiger partial charge < -0.3 is 9.30 Å². The highest BCUT2D eigenvalue weighted by atomic mass is 16.6. The maximum absolute atomic E-state index is 11.7. The van der Waals surface area contributed by atoms with Crippen LogP contribution in [-0.2, 0) is 11.8 Å². The number of nitro groups is 1. The van der Waals surface area contributed by atoms with Crippen molar-refractivity contribution in [2.24, 2.45) is 7.05 Å². The van der Waals surface area contributed by atoms with Gasteiger partial charge in [-0.1, -0.05) is 0 Å². The van der Waals surface area contributed by atoms with Crippen LogP contribution in [0.5, 0.6) is 0 Å². The number of esters is 1. The lowest BCUT2D eigenvalue weighted by Gasteiger charge is -2.01. The molecule has 0 bridgehead atoms. The number of ether oxygens (including phenoxy) is 1. The minimum absolute atomic E-state index is 0.0373. The molecule has 0 amide bonds. The summed E-state index contributed by atoms with van der Waals surface area (Å²) in [5.74, 6) is -0.386. The summed E-state index contributed by atoms with van der Waals surface area (Å²) in [6.07, 6.45) is 1.79. The molecule has 0 spiro atoms. The monoisotopic (exact) mass is 274 g/mol. The molecule has 0 N–H and O–H groups in total. The van der Waals surface area contributed by atoms with Crippen molar-refractivity contribution in [1.29, 1.82) is 0 Å². The number of nitro benzene ring substituents is 1. The van der Waals surface area contributed by atoms with E-state index < -0.39 is 4.92 Å². The average molecular weight is 274 g/mol. The third-order valence-corrected chi connectivity index (χ3v) is 2.90. The summed E-state index contributed by atoms with van der Waals surface area (Å²) >= 11 is 0. The van der Waals surface area contributed by atoms with Gasteiger partial charge >= 0.3 is 5.97 Å². The van der Waals surface area contributed by atoms with Gasteiger partial charge in [0, 0.05) is 30.9 Å². The summed E-state index contributed by atoms with van der Waals surface area (Å²) in [5, 5.41) is 10.6. The summed E-state index contributed by atoms with van der Waals surface area (Å²) in [6, 6.07) is 7.89. The van der Waals surface area contributed by atoms with Gasteiger partial charge in [0.05, 0.1) is 11.5 Å². The maximum Gasteiger partial charge on any atom is 0.354 e. The number of nitrogens with zero attached hydrogens (tertiary/aromatic N) is 2. The van der Waals surface area contributed by atoms with Crippen LogP contribution in [0.15, 0.2) is 36.5 Å². The first-order chi connectivity index (χ1) is 9.52. The lowest BCUT2D eigenvalue weighted by molar-refractivity contribution is -0.384. The molecule has 1 heterocycles. The van der Waals surface area contributed by atoms with Crippen LogP contribution in [0.3, 0.4) is 0 Å². The fraction of sp³-hybridized carbons (Fsp3) is 0.214. The quantitative estimate of drug-likeness (QED) is 0.488. The zero-order valence-corrected chi connectivity index (χ0v) is 11.2. The number of benzene rings is 1. The van der Waals surface area contributed by atoms with Crippen LogP contribution in [0.2, 0.25) is 0 Å². The smallest absolute Gasteiger partial charge is 0.354 e. The van der Waals surface area contributed by atoms with E-state index in [4.69, 9.17) is 4.74 Å². The molecule has 0 aliphatic heterocycles. The molecule has 0 fully saturated rings. The van der Waals surface area contributed by atoms with E-state index in [-0.39, 0.29) is 11.7 Å². The van der Waals surface area contributed by atoms with Gasteiger partial charge in [0.2, 0.25) is 0 Å². The third-order valence-electron chi connectivity index (χ3n) is 2.90.